The Kier molecular flexibility index (Phi) is 3.72. The molecular formula is C20H14N6S. The van der Waals surface area contributed by atoms with Crippen molar-refractivity contribution in [3.05, 3.63) is 72.9 Å². The van der Waals surface area contributed by atoms with Crippen LogP contribution in [0.1, 0.15) is 5.82 Å². The Balaban J connectivity index is 1.77. The molecule has 0 bridgehead atoms. The first-order valence-corrected chi connectivity index (χ1v) is 9.26. The van der Waals surface area contributed by atoms with Gasteiger partial charge in [-0.25, -0.2) is 19.6 Å². The Morgan fingerprint density at radius 3 is 2.52 bits per heavy atom. The maximum absolute atomic E-state index is 4.77. The number of hydrogen-bond donors (Lipinski definition) is 0. The molecule has 0 unspecified atom stereocenters. The largest absolute Gasteiger partial charge is 0.253 e. The standard InChI is InChI=1S/C20H14N6S/c1-13-22-12-26(25-13)19-15-11-17(14-7-3-2-4-8-14)27-20(15)24-18(23-19)16-9-5-6-10-21-16/h2-12H,1H3. The van der Waals surface area contributed by atoms with Crippen LogP contribution < -0.4 is 0 Å². The first kappa shape index (κ1) is 15.8. The molecule has 0 saturated heterocycles. The lowest BCUT2D eigenvalue weighted by atomic mass is 10.2. The van der Waals surface area contributed by atoms with Gasteiger partial charge in [-0.05, 0) is 30.7 Å². The molecule has 6 nitrogen and oxygen atoms in total. The smallest absolute Gasteiger partial charge is 0.181 e. The van der Waals surface area contributed by atoms with E-state index in [9.17, 15) is 0 Å². The van der Waals surface area contributed by atoms with Crippen LogP contribution in [-0.4, -0.2) is 29.7 Å². The molecule has 5 aromatic rings. The minimum absolute atomic E-state index is 0.577. The third-order valence-corrected chi connectivity index (χ3v) is 5.23. The molecular weight excluding hydrogens is 356 g/mol. The summed E-state index contributed by atoms with van der Waals surface area (Å²) in [4.78, 5) is 20.2. The van der Waals surface area contributed by atoms with E-state index in [-0.39, 0.29) is 0 Å². The van der Waals surface area contributed by atoms with E-state index in [4.69, 9.17) is 9.97 Å². The number of benzene rings is 1. The maximum atomic E-state index is 4.77. The molecule has 4 aromatic heterocycles. The molecule has 7 heteroatoms. The molecule has 0 fully saturated rings. The van der Waals surface area contributed by atoms with Crippen molar-refractivity contribution in [2.45, 2.75) is 6.92 Å². The normalized spacial score (nSPS) is 11.1. The van der Waals surface area contributed by atoms with Gasteiger partial charge >= 0.3 is 0 Å². The fourth-order valence-electron chi connectivity index (χ4n) is 2.88. The lowest BCUT2D eigenvalue weighted by molar-refractivity contribution is 0.838. The summed E-state index contributed by atoms with van der Waals surface area (Å²) in [6.45, 7) is 1.86. The second-order valence-electron chi connectivity index (χ2n) is 6.02. The van der Waals surface area contributed by atoms with Gasteiger partial charge in [0.2, 0.25) is 0 Å². The first-order valence-electron chi connectivity index (χ1n) is 8.45. The molecule has 1 aromatic carbocycles. The predicted molar refractivity (Wildman–Crippen MR) is 106 cm³/mol. The molecule has 27 heavy (non-hydrogen) atoms. The Morgan fingerprint density at radius 2 is 1.78 bits per heavy atom. The Hall–Kier alpha value is -3.45. The Bertz CT molecular complexity index is 1230. The zero-order valence-corrected chi connectivity index (χ0v) is 15.3. The van der Waals surface area contributed by atoms with Crippen LogP contribution in [0, 0.1) is 6.92 Å². The summed E-state index contributed by atoms with van der Waals surface area (Å²) in [7, 11) is 0. The molecule has 4 heterocycles. The molecule has 0 atom stereocenters. The van der Waals surface area contributed by atoms with Crippen molar-refractivity contribution in [2.24, 2.45) is 0 Å². The van der Waals surface area contributed by atoms with E-state index in [0.717, 1.165) is 26.4 Å². The highest BCUT2D eigenvalue weighted by molar-refractivity contribution is 7.21. The van der Waals surface area contributed by atoms with E-state index in [1.807, 2.05) is 43.3 Å². The van der Waals surface area contributed by atoms with E-state index in [0.29, 0.717) is 17.5 Å². The number of fused-ring (bicyclic) bond motifs is 1. The molecule has 130 valence electrons. The fourth-order valence-corrected chi connectivity index (χ4v) is 3.91. The lowest BCUT2D eigenvalue weighted by Gasteiger charge is -2.05. The minimum Gasteiger partial charge on any atom is -0.253 e. The van der Waals surface area contributed by atoms with Gasteiger partial charge in [-0.3, -0.25) is 4.98 Å². The summed E-state index contributed by atoms with van der Waals surface area (Å²) in [5.74, 6) is 1.98. The van der Waals surface area contributed by atoms with Gasteiger partial charge in [0.1, 0.15) is 22.7 Å². The molecule has 0 spiro atoms. The number of hydrogen-bond acceptors (Lipinski definition) is 6. The molecule has 0 N–H and O–H groups in total. The van der Waals surface area contributed by atoms with Crippen LogP contribution in [0.3, 0.4) is 0 Å². The summed E-state index contributed by atoms with van der Waals surface area (Å²) in [5.41, 5.74) is 1.88. The summed E-state index contributed by atoms with van der Waals surface area (Å²) in [6.07, 6.45) is 3.42. The molecule has 0 aliphatic carbocycles. The van der Waals surface area contributed by atoms with Gasteiger partial charge in [0.25, 0.3) is 0 Å². The number of pyridine rings is 1. The third kappa shape index (κ3) is 2.88. The van der Waals surface area contributed by atoms with Gasteiger partial charge < -0.3 is 0 Å². The maximum Gasteiger partial charge on any atom is 0.181 e. The Morgan fingerprint density at radius 1 is 0.926 bits per heavy atom. The van der Waals surface area contributed by atoms with Crippen molar-refractivity contribution >= 4 is 21.6 Å². The van der Waals surface area contributed by atoms with Crippen molar-refractivity contribution < 1.29 is 0 Å². The van der Waals surface area contributed by atoms with Crippen LogP contribution in [0.4, 0.5) is 0 Å². The number of nitrogens with zero attached hydrogens (tertiary/aromatic N) is 6. The van der Waals surface area contributed by atoms with Gasteiger partial charge in [0.05, 0.1) is 5.39 Å². The van der Waals surface area contributed by atoms with Crippen LogP contribution >= 0.6 is 11.3 Å². The van der Waals surface area contributed by atoms with Gasteiger partial charge in [-0.1, -0.05) is 36.4 Å². The molecule has 0 aliphatic heterocycles. The van der Waals surface area contributed by atoms with E-state index in [1.54, 1.807) is 28.5 Å². The molecule has 5 rings (SSSR count). The summed E-state index contributed by atoms with van der Waals surface area (Å²) >= 11 is 1.63. The summed E-state index contributed by atoms with van der Waals surface area (Å²) < 4.78 is 1.70. The second kappa shape index (κ2) is 6.37. The van der Waals surface area contributed by atoms with E-state index in [2.05, 4.69) is 33.3 Å². The monoisotopic (exact) mass is 370 g/mol. The van der Waals surface area contributed by atoms with Crippen molar-refractivity contribution in [3.63, 3.8) is 0 Å². The highest BCUT2D eigenvalue weighted by Gasteiger charge is 2.16. The van der Waals surface area contributed by atoms with Crippen LogP contribution in [-0.2, 0) is 0 Å². The van der Waals surface area contributed by atoms with E-state index < -0.39 is 0 Å². The first-order chi connectivity index (χ1) is 13.3. The third-order valence-electron chi connectivity index (χ3n) is 4.15. The fraction of sp³-hybridized carbons (Fsp3) is 0.0500. The SMILES string of the molecule is Cc1ncn(-c2nc(-c3ccccn3)nc3sc(-c4ccccc4)cc23)n1. The van der Waals surface area contributed by atoms with E-state index in [1.165, 1.54) is 0 Å². The van der Waals surface area contributed by atoms with Crippen LogP contribution in [0.15, 0.2) is 67.1 Å². The van der Waals surface area contributed by atoms with Crippen LogP contribution in [0.25, 0.3) is 38.0 Å². The Labute approximate surface area is 159 Å². The lowest BCUT2D eigenvalue weighted by Crippen LogP contribution is -2.02. The number of aromatic nitrogens is 6. The van der Waals surface area contributed by atoms with Crippen molar-refractivity contribution in [2.75, 3.05) is 0 Å². The van der Waals surface area contributed by atoms with Crippen molar-refractivity contribution in [1.29, 1.82) is 0 Å². The highest BCUT2D eigenvalue weighted by Crippen LogP contribution is 2.35. The highest BCUT2D eigenvalue weighted by atomic mass is 32.1. The number of aryl methyl sites for hydroxylation is 1. The van der Waals surface area contributed by atoms with Gasteiger partial charge in [-0.2, -0.15) is 5.10 Å². The number of rotatable bonds is 3. The quantitative estimate of drug-likeness (QED) is 0.473. The summed E-state index contributed by atoms with van der Waals surface area (Å²) in [6, 6.07) is 18.1. The summed E-state index contributed by atoms with van der Waals surface area (Å²) in [5, 5.41) is 5.39. The van der Waals surface area contributed by atoms with Crippen LogP contribution in [0.2, 0.25) is 0 Å². The zero-order valence-electron chi connectivity index (χ0n) is 14.4. The molecule has 0 amide bonds. The average Bonchev–Trinajstić information content (AvgIpc) is 3.35. The van der Waals surface area contributed by atoms with E-state index >= 15 is 0 Å². The van der Waals surface area contributed by atoms with Crippen LogP contribution in [0.5, 0.6) is 0 Å². The average molecular weight is 370 g/mol. The van der Waals surface area contributed by atoms with Crippen molar-refractivity contribution in [1.82, 2.24) is 29.7 Å². The zero-order chi connectivity index (χ0) is 18.2. The molecule has 0 aliphatic rings. The topological polar surface area (TPSA) is 69.4 Å². The molecule has 0 saturated carbocycles. The van der Waals surface area contributed by atoms with Crippen molar-refractivity contribution in [3.8, 4) is 27.8 Å². The minimum atomic E-state index is 0.577. The number of thiophene rings is 1. The molecule has 0 radical (unpaired) electrons. The van der Waals surface area contributed by atoms with Gasteiger partial charge in [-0.15, -0.1) is 11.3 Å². The predicted octanol–water partition coefficient (Wildman–Crippen LogP) is 4.31. The van der Waals surface area contributed by atoms with Gasteiger partial charge in [0, 0.05) is 11.1 Å². The second-order valence-corrected chi connectivity index (χ2v) is 7.05. The van der Waals surface area contributed by atoms with Gasteiger partial charge in [0.15, 0.2) is 11.6 Å².